The minimum absolute atomic E-state index is 0.0189. The molecule has 0 saturated carbocycles. The monoisotopic (exact) mass is 212 g/mol. The molecule has 4 heteroatoms. The number of fused-ring (bicyclic) bond motifs is 1. The number of benzene rings is 1. The maximum atomic E-state index is 10.5. The van der Waals surface area contributed by atoms with Crippen molar-refractivity contribution >= 4 is 17.6 Å². The third kappa shape index (κ3) is 1.68. The van der Waals surface area contributed by atoms with Gasteiger partial charge in [0.15, 0.2) is 0 Å². The van der Waals surface area contributed by atoms with Crippen LogP contribution in [0.25, 0.3) is 0 Å². The van der Waals surface area contributed by atoms with E-state index < -0.39 is 5.97 Å². The fourth-order valence-corrected chi connectivity index (χ4v) is 1.85. The summed E-state index contributed by atoms with van der Waals surface area (Å²) in [6.45, 7) is 0. The van der Waals surface area contributed by atoms with Gasteiger partial charge in [-0.05, 0) is 11.6 Å². The van der Waals surface area contributed by atoms with E-state index in [0.717, 1.165) is 5.56 Å². The minimum atomic E-state index is -0.848. The van der Waals surface area contributed by atoms with Gasteiger partial charge in [-0.2, -0.15) is 0 Å². The molecule has 0 fully saturated rings. The molecule has 0 aromatic heterocycles. The number of carbonyl (C=O) groups is 1. The van der Waals surface area contributed by atoms with Gasteiger partial charge in [-0.3, -0.25) is 4.79 Å². The molecular weight excluding hydrogens is 204 g/mol. The van der Waals surface area contributed by atoms with E-state index in [0.29, 0.717) is 17.2 Å². The van der Waals surface area contributed by atoms with Gasteiger partial charge in [-0.15, -0.1) is 0 Å². The molecule has 0 amide bonds. The maximum Gasteiger partial charge on any atom is 0.307 e. The van der Waals surface area contributed by atoms with Crippen molar-refractivity contribution in [1.29, 1.82) is 0 Å². The van der Waals surface area contributed by atoms with Gasteiger partial charge in [0, 0.05) is 6.42 Å². The van der Waals surface area contributed by atoms with Gasteiger partial charge >= 0.3 is 5.97 Å². The van der Waals surface area contributed by atoms with E-state index in [-0.39, 0.29) is 12.5 Å². The van der Waals surface area contributed by atoms with Gasteiger partial charge in [-0.25, -0.2) is 0 Å². The highest BCUT2D eigenvalue weighted by Crippen LogP contribution is 2.36. The molecule has 1 aliphatic rings. The molecule has 1 atom stereocenters. The zero-order valence-corrected chi connectivity index (χ0v) is 8.12. The molecule has 0 saturated heterocycles. The van der Waals surface area contributed by atoms with Crippen molar-refractivity contribution in [2.24, 2.45) is 0 Å². The van der Waals surface area contributed by atoms with Crippen LogP contribution in [0.4, 0.5) is 0 Å². The molecule has 0 aliphatic carbocycles. The van der Waals surface area contributed by atoms with Crippen molar-refractivity contribution in [2.75, 3.05) is 0 Å². The molecule has 1 aromatic rings. The first-order valence-corrected chi connectivity index (χ1v) is 4.70. The van der Waals surface area contributed by atoms with Crippen LogP contribution in [0, 0.1) is 0 Å². The minimum Gasteiger partial charge on any atom is -0.488 e. The third-order valence-electron chi connectivity index (χ3n) is 2.18. The predicted octanol–water partition coefficient (Wildman–Crippen LogP) is 2.12. The quantitative estimate of drug-likeness (QED) is 0.817. The summed E-state index contributed by atoms with van der Waals surface area (Å²) in [6, 6.07) is 5.49. The lowest BCUT2D eigenvalue weighted by Gasteiger charge is -2.07. The topological polar surface area (TPSA) is 46.5 Å². The van der Waals surface area contributed by atoms with Crippen molar-refractivity contribution in [1.82, 2.24) is 0 Å². The first-order valence-electron chi connectivity index (χ1n) is 4.32. The van der Waals surface area contributed by atoms with E-state index in [9.17, 15) is 4.79 Å². The van der Waals surface area contributed by atoms with E-state index in [2.05, 4.69) is 0 Å². The summed E-state index contributed by atoms with van der Waals surface area (Å²) >= 11 is 5.90. The molecule has 1 N–H and O–H groups in total. The van der Waals surface area contributed by atoms with Crippen molar-refractivity contribution in [2.45, 2.75) is 18.9 Å². The van der Waals surface area contributed by atoms with Crippen LogP contribution in [0.2, 0.25) is 5.02 Å². The molecule has 0 radical (unpaired) electrons. The van der Waals surface area contributed by atoms with Crippen LogP contribution in [-0.2, 0) is 11.2 Å². The highest BCUT2D eigenvalue weighted by Gasteiger charge is 2.26. The second-order valence-corrected chi connectivity index (χ2v) is 3.68. The Bertz CT molecular complexity index is 376. The molecule has 1 aliphatic heterocycles. The van der Waals surface area contributed by atoms with Gasteiger partial charge in [-0.1, -0.05) is 23.7 Å². The summed E-state index contributed by atoms with van der Waals surface area (Å²) in [7, 11) is 0. The molecule has 3 nitrogen and oxygen atoms in total. The zero-order chi connectivity index (χ0) is 10.1. The Morgan fingerprint density at radius 3 is 3.07 bits per heavy atom. The third-order valence-corrected chi connectivity index (χ3v) is 2.48. The average Bonchev–Trinajstić information content (AvgIpc) is 2.47. The van der Waals surface area contributed by atoms with Crippen molar-refractivity contribution < 1.29 is 14.6 Å². The number of hydrogen-bond donors (Lipinski definition) is 1. The standard InChI is InChI=1S/C10H9ClO3/c11-8-3-1-2-6-4-7(5-9(12)13)14-10(6)8/h1-3,7H,4-5H2,(H,12,13)/t7-/m0/s1. The Morgan fingerprint density at radius 2 is 2.43 bits per heavy atom. The lowest BCUT2D eigenvalue weighted by atomic mass is 10.1. The Morgan fingerprint density at radius 1 is 1.64 bits per heavy atom. The number of halogens is 1. The molecule has 0 bridgehead atoms. The average molecular weight is 213 g/mol. The molecular formula is C10H9ClO3. The van der Waals surface area contributed by atoms with Crippen LogP contribution in [-0.4, -0.2) is 17.2 Å². The van der Waals surface area contributed by atoms with Crippen molar-refractivity contribution in [3.05, 3.63) is 28.8 Å². The van der Waals surface area contributed by atoms with Crippen LogP contribution < -0.4 is 4.74 Å². The normalized spacial score (nSPS) is 18.8. The zero-order valence-electron chi connectivity index (χ0n) is 7.37. The first-order chi connectivity index (χ1) is 6.66. The number of aliphatic carboxylic acids is 1. The van der Waals surface area contributed by atoms with Crippen molar-refractivity contribution in [3.63, 3.8) is 0 Å². The number of carboxylic acid groups (broad SMARTS) is 1. The number of hydrogen-bond acceptors (Lipinski definition) is 2. The second kappa shape index (κ2) is 3.50. The van der Waals surface area contributed by atoms with E-state index in [1.807, 2.05) is 12.1 Å². The van der Waals surface area contributed by atoms with Gasteiger partial charge < -0.3 is 9.84 Å². The van der Waals surface area contributed by atoms with Crippen LogP contribution >= 0.6 is 11.6 Å². The van der Waals surface area contributed by atoms with Gasteiger partial charge in [0.2, 0.25) is 0 Å². The molecule has 2 rings (SSSR count). The molecule has 0 spiro atoms. The summed E-state index contributed by atoms with van der Waals surface area (Å²) in [4.78, 5) is 10.5. The van der Waals surface area contributed by atoms with E-state index in [4.69, 9.17) is 21.4 Å². The van der Waals surface area contributed by atoms with Crippen LogP contribution in [0.5, 0.6) is 5.75 Å². The van der Waals surface area contributed by atoms with Gasteiger partial charge in [0.25, 0.3) is 0 Å². The number of para-hydroxylation sites is 1. The largest absolute Gasteiger partial charge is 0.488 e. The Balaban J connectivity index is 2.18. The van der Waals surface area contributed by atoms with Crippen LogP contribution in [0.3, 0.4) is 0 Å². The maximum absolute atomic E-state index is 10.5. The van der Waals surface area contributed by atoms with Gasteiger partial charge in [0.1, 0.15) is 11.9 Å². The summed E-state index contributed by atoms with van der Waals surface area (Å²) in [5.74, 6) is -0.209. The Labute approximate surface area is 86.3 Å². The summed E-state index contributed by atoms with van der Waals surface area (Å²) in [5.41, 5.74) is 0.990. The number of ether oxygens (including phenoxy) is 1. The van der Waals surface area contributed by atoms with E-state index >= 15 is 0 Å². The molecule has 1 aromatic carbocycles. The smallest absolute Gasteiger partial charge is 0.307 e. The summed E-state index contributed by atoms with van der Waals surface area (Å²) in [5, 5.41) is 9.16. The van der Waals surface area contributed by atoms with Crippen molar-refractivity contribution in [3.8, 4) is 5.75 Å². The number of rotatable bonds is 2. The predicted molar refractivity (Wildman–Crippen MR) is 51.8 cm³/mol. The van der Waals surface area contributed by atoms with Crippen LogP contribution in [0.15, 0.2) is 18.2 Å². The van der Waals surface area contributed by atoms with Crippen LogP contribution in [0.1, 0.15) is 12.0 Å². The Kier molecular flexibility index (Phi) is 2.33. The fourth-order valence-electron chi connectivity index (χ4n) is 1.61. The molecule has 14 heavy (non-hydrogen) atoms. The SMILES string of the molecule is O=C(O)C[C@@H]1Cc2cccc(Cl)c2O1. The molecule has 0 unspecified atom stereocenters. The first kappa shape index (κ1) is 9.34. The highest BCUT2D eigenvalue weighted by atomic mass is 35.5. The summed E-state index contributed by atoms with van der Waals surface area (Å²) < 4.78 is 5.44. The molecule has 74 valence electrons. The van der Waals surface area contributed by atoms with E-state index in [1.165, 1.54) is 0 Å². The van der Waals surface area contributed by atoms with Gasteiger partial charge in [0.05, 0.1) is 11.4 Å². The summed E-state index contributed by atoms with van der Waals surface area (Å²) in [6.07, 6.45) is 0.370. The second-order valence-electron chi connectivity index (χ2n) is 3.27. The Hall–Kier alpha value is -1.22. The van der Waals surface area contributed by atoms with E-state index in [1.54, 1.807) is 6.07 Å². The molecule has 1 heterocycles. The highest BCUT2D eigenvalue weighted by molar-refractivity contribution is 6.32. The lowest BCUT2D eigenvalue weighted by Crippen LogP contribution is -2.17. The number of carboxylic acids is 1. The fraction of sp³-hybridized carbons (Fsp3) is 0.300. The lowest BCUT2D eigenvalue weighted by molar-refractivity contribution is -0.138.